The van der Waals surface area contributed by atoms with Crippen molar-refractivity contribution in [1.29, 1.82) is 0 Å². The van der Waals surface area contributed by atoms with E-state index in [1.807, 2.05) is 36.4 Å². The molecule has 0 aliphatic heterocycles. The zero-order chi connectivity index (χ0) is 66.2. The number of nitrogens with zero attached hydrogens (tertiary/aromatic N) is 4. The SMILES string of the molecule is C=C(C)C(=O)NCCCN(Cc1ccccc1B(O)O)Cc1c2ccccc2c(CN(CCCNC(=O)C(=C)C)Cc2ccccc2B(O)O)c2cc(-c3ccc(-c4c5ccc6cc(N(CC)CC)ccc6c5oc5c4ccc4cc(=[N+](CC)CC)ccc45)cc3)ccc12. The van der Waals surface area contributed by atoms with E-state index >= 15 is 0 Å². The zero-order valence-electron chi connectivity index (χ0n) is 55.0. The van der Waals surface area contributed by atoms with Crippen LogP contribution in [0.25, 0.3) is 87.3 Å². The summed E-state index contributed by atoms with van der Waals surface area (Å²) in [4.78, 5) is 32.4. The standard InChI is InChI=1S/C79H84B2N6O7/c1-9-86(10-2)61-34-39-63-57(45-61)32-37-68-75(69-38-33-58-46-62(87(11-3)12-4)35-40-64(58)77(69)94-76(63)68)55-29-27-54(28-30-55)56-31-36-67-70(47-56)72(51-85(44-20-42-83-79(89)53(7)8)49-60-22-14-18-26-74(60)81(92)93)66-24-16-15-23-65(66)71(67)50-84(43-19-41-82-78(88)52(5)6)48-59-21-13-17-25-73(59)80(90)91/h13-18,21-40,45-47,90-93H,5,7,9-12,19-20,41-44,48-51H2,1-4,6,8H3,(H-,82,83,88,89)/p+1. The third-order valence-electron chi connectivity index (χ3n) is 18.5. The molecule has 0 radical (unpaired) electrons. The fourth-order valence-corrected chi connectivity index (χ4v) is 13.6. The minimum Gasteiger partial charge on any atom is -0.455 e. The van der Waals surface area contributed by atoms with E-state index in [1.54, 1.807) is 26.0 Å². The molecule has 0 aliphatic carbocycles. The summed E-state index contributed by atoms with van der Waals surface area (Å²) in [6, 6.07) is 61.3. The molecule has 11 aromatic rings. The highest BCUT2D eigenvalue weighted by atomic mass is 16.4. The van der Waals surface area contributed by atoms with E-state index in [-0.39, 0.29) is 11.8 Å². The minimum atomic E-state index is -1.67. The summed E-state index contributed by atoms with van der Waals surface area (Å²) in [5.74, 6) is -0.401. The molecule has 0 aliphatic rings. The van der Waals surface area contributed by atoms with Gasteiger partial charge < -0.3 is 40.0 Å². The number of amides is 2. The molecule has 0 unspecified atom stereocenters. The maximum atomic E-state index is 12.7. The Morgan fingerprint density at radius 2 is 0.926 bits per heavy atom. The molecule has 94 heavy (non-hydrogen) atoms. The van der Waals surface area contributed by atoms with Gasteiger partial charge in [-0.2, -0.15) is 0 Å². The van der Waals surface area contributed by atoms with Crippen LogP contribution in [0.5, 0.6) is 0 Å². The summed E-state index contributed by atoms with van der Waals surface area (Å²) < 4.78 is 9.61. The molecule has 10 aromatic carbocycles. The Kier molecular flexibility index (Phi) is 21.0. The van der Waals surface area contributed by atoms with Gasteiger partial charge in [0.1, 0.15) is 24.3 Å². The molecule has 11 rings (SSSR count). The lowest BCUT2D eigenvalue weighted by Gasteiger charge is -2.28. The number of hydrogen-bond acceptors (Lipinski definition) is 10. The molecule has 0 bridgehead atoms. The van der Waals surface area contributed by atoms with Gasteiger partial charge in [-0.15, -0.1) is 0 Å². The number of hydrogen-bond donors (Lipinski definition) is 6. The molecular formula is C79H85B2N6O7+. The van der Waals surface area contributed by atoms with Crippen molar-refractivity contribution in [2.75, 3.05) is 57.3 Å². The quantitative estimate of drug-likeness (QED) is 0.00729. The van der Waals surface area contributed by atoms with Gasteiger partial charge in [0.25, 0.3) is 0 Å². The van der Waals surface area contributed by atoms with Crippen molar-refractivity contribution < 1.29 is 34.1 Å². The minimum absolute atomic E-state index is 0.199. The first-order valence-corrected chi connectivity index (χ1v) is 33.0. The lowest BCUT2D eigenvalue weighted by molar-refractivity contribution is -0.118. The number of anilines is 1. The highest BCUT2D eigenvalue weighted by Crippen LogP contribution is 2.44. The fraction of sp³-hybridized carbons (Fsp3) is 0.253. The molecule has 15 heteroatoms. The summed E-state index contributed by atoms with van der Waals surface area (Å²) in [6.45, 7) is 27.2. The zero-order valence-corrected chi connectivity index (χ0v) is 55.0. The van der Waals surface area contributed by atoms with Crippen LogP contribution in [0.4, 0.5) is 5.69 Å². The molecular weight excluding hydrogens is 1170 g/mol. The Morgan fingerprint density at radius 1 is 0.479 bits per heavy atom. The number of fused-ring (bicyclic) bond motifs is 8. The molecule has 1 aromatic heterocycles. The van der Waals surface area contributed by atoms with Gasteiger partial charge in [-0.05, 0) is 179 Å². The lowest BCUT2D eigenvalue weighted by Crippen LogP contribution is -2.36. The Bertz CT molecular complexity index is 4730. The number of benzene rings is 10. The molecule has 6 N–H and O–H groups in total. The average Bonchev–Trinajstić information content (AvgIpc) is 0.742. The summed E-state index contributed by atoms with van der Waals surface area (Å²) in [6.07, 6.45) is 1.23. The third-order valence-corrected chi connectivity index (χ3v) is 18.5. The third kappa shape index (κ3) is 14.3. The molecule has 2 amide bonds. The molecule has 0 saturated heterocycles. The van der Waals surface area contributed by atoms with E-state index in [2.05, 4.69) is 198 Å². The normalized spacial score (nSPS) is 11.6. The Hall–Kier alpha value is -9.18. The lowest BCUT2D eigenvalue weighted by atomic mass is 9.77. The van der Waals surface area contributed by atoms with Gasteiger partial charge >= 0.3 is 14.2 Å². The molecule has 1 heterocycles. The van der Waals surface area contributed by atoms with Crippen LogP contribution in [0.2, 0.25) is 0 Å². The Labute approximate surface area is 551 Å². The molecule has 13 nitrogen and oxygen atoms in total. The maximum absolute atomic E-state index is 12.7. The van der Waals surface area contributed by atoms with Crippen LogP contribution >= 0.6 is 0 Å². The number of carbonyl (C=O) groups excluding carboxylic acids is 2. The van der Waals surface area contributed by atoms with Gasteiger partial charge in [0.05, 0.1) is 0 Å². The summed E-state index contributed by atoms with van der Waals surface area (Å²) in [7, 11) is -3.34. The molecule has 0 atom stereocenters. The van der Waals surface area contributed by atoms with Crippen LogP contribution in [-0.2, 0) is 35.8 Å². The first-order chi connectivity index (χ1) is 45.6. The van der Waals surface area contributed by atoms with Gasteiger partial charge in [0, 0.05) is 122 Å². The van der Waals surface area contributed by atoms with Crippen LogP contribution in [0, 0.1) is 0 Å². The second kappa shape index (κ2) is 29.8. The van der Waals surface area contributed by atoms with Crippen LogP contribution in [0.3, 0.4) is 0 Å². The van der Waals surface area contributed by atoms with E-state index in [1.165, 1.54) is 11.0 Å². The van der Waals surface area contributed by atoms with E-state index in [9.17, 15) is 29.7 Å². The highest BCUT2D eigenvalue weighted by Gasteiger charge is 2.25. The van der Waals surface area contributed by atoms with E-state index in [4.69, 9.17) is 4.42 Å². The van der Waals surface area contributed by atoms with Crippen molar-refractivity contribution in [2.24, 2.45) is 0 Å². The fourth-order valence-electron chi connectivity index (χ4n) is 13.6. The Balaban J connectivity index is 1.08. The molecule has 0 spiro atoms. The van der Waals surface area contributed by atoms with Crippen molar-refractivity contribution in [2.45, 2.75) is 80.6 Å². The first-order valence-electron chi connectivity index (χ1n) is 33.0. The second-order valence-corrected chi connectivity index (χ2v) is 24.7. The molecule has 0 saturated carbocycles. The number of rotatable bonds is 27. The van der Waals surface area contributed by atoms with Crippen molar-refractivity contribution in [1.82, 2.24) is 25.0 Å². The van der Waals surface area contributed by atoms with Gasteiger partial charge in [-0.1, -0.05) is 134 Å². The van der Waals surface area contributed by atoms with E-state index < -0.39 is 14.2 Å². The summed E-state index contributed by atoms with van der Waals surface area (Å²) in [5, 5.41) is 60.3. The van der Waals surface area contributed by atoms with E-state index in [0.29, 0.717) is 87.3 Å². The largest absolute Gasteiger partial charge is 0.488 e. The van der Waals surface area contributed by atoms with Crippen molar-refractivity contribution in [3.8, 4) is 22.3 Å². The van der Waals surface area contributed by atoms with Crippen LogP contribution in [0.1, 0.15) is 76.6 Å². The highest BCUT2D eigenvalue weighted by molar-refractivity contribution is 6.59. The summed E-state index contributed by atoms with van der Waals surface area (Å²) in [5.41, 5.74) is 12.5. The number of carbonyl (C=O) groups is 2. The smallest absolute Gasteiger partial charge is 0.455 e. The van der Waals surface area contributed by atoms with Crippen molar-refractivity contribution >= 4 is 108 Å². The predicted octanol–water partition coefficient (Wildman–Crippen LogP) is 11.7. The number of nitrogens with one attached hydrogen (secondary N) is 2. The predicted molar refractivity (Wildman–Crippen MR) is 390 cm³/mol. The molecule has 0 fully saturated rings. The van der Waals surface area contributed by atoms with Crippen LogP contribution < -0.4 is 36.4 Å². The van der Waals surface area contributed by atoms with Gasteiger partial charge in [0.15, 0.2) is 0 Å². The average molecular weight is 1250 g/mol. The van der Waals surface area contributed by atoms with E-state index in [0.717, 1.165) is 136 Å². The van der Waals surface area contributed by atoms with Crippen LogP contribution in [-0.4, -0.2) is 108 Å². The van der Waals surface area contributed by atoms with Gasteiger partial charge in [-0.3, -0.25) is 19.4 Å². The maximum Gasteiger partial charge on any atom is 0.488 e. The monoisotopic (exact) mass is 1250 g/mol. The molecule has 478 valence electrons. The Morgan fingerprint density at radius 3 is 1.44 bits per heavy atom. The van der Waals surface area contributed by atoms with Crippen molar-refractivity contribution in [3.05, 3.63) is 228 Å². The first kappa shape index (κ1) is 66.3. The van der Waals surface area contributed by atoms with Gasteiger partial charge in [0.2, 0.25) is 17.2 Å². The summed E-state index contributed by atoms with van der Waals surface area (Å²) >= 11 is 0. The van der Waals surface area contributed by atoms with Gasteiger partial charge in [-0.25, -0.2) is 4.58 Å². The topological polar surface area (TPSA) is 165 Å². The van der Waals surface area contributed by atoms with Crippen LogP contribution in [0.15, 0.2) is 205 Å². The van der Waals surface area contributed by atoms with Crippen molar-refractivity contribution in [3.63, 3.8) is 0 Å². The second-order valence-electron chi connectivity index (χ2n) is 24.7.